The Morgan fingerprint density at radius 2 is 2.60 bits per heavy atom. The summed E-state index contributed by atoms with van der Waals surface area (Å²) in [7, 11) is 0. The van der Waals surface area contributed by atoms with Gasteiger partial charge in [0.15, 0.2) is 0 Å². The van der Waals surface area contributed by atoms with Crippen molar-refractivity contribution in [3.05, 3.63) is 17.5 Å². The molecule has 1 unspecified atom stereocenters. The number of alkyl halides is 1. The lowest BCUT2D eigenvalue weighted by atomic mass is 10.2. The summed E-state index contributed by atoms with van der Waals surface area (Å²) in [5.74, 6) is 0.304. The molecule has 0 spiro atoms. The Balaban J connectivity index is 2.13. The third-order valence-corrected chi connectivity index (χ3v) is 3.40. The number of hydrogen-bond acceptors (Lipinski definition) is 3. The van der Waals surface area contributed by atoms with E-state index in [0.29, 0.717) is 11.8 Å². The van der Waals surface area contributed by atoms with Crippen LogP contribution in [0.1, 0.15) is 29.1 Å². The summed E-state index contributed by atoms with van der Waals surface area (Å²) in [5.41, 5.74) is 0.743. The molecule has 1 saturated heterocycles. The van der Waals surface area contributed by atoms with E-state index in [0.717, 1.165) is 30.4 Å². The van der Waals surface area contributed by atoms with Gasteiger partial charge in [-0.1, -0.05) is 21.1 Å². The maximum Gasteiger partial charge on any atom is 0.292 e. The van der Waals surface area contributed by atoms with Crippen LogP contribution in [0.15, 0.2) is 10.6 Å². The molecule has 1 aromatic rings. The van der Waals surface area contributed by atoms with Crippen molar-refractivity contribution in [2.45, 2.75) is 25.8 Å². The average molecular weight is 273 g/mol. The molecular weight excluding hydrogens is 260 g/mol. The Kier molecular flexibility index (Phi) is 3.09. The normalized spacial score (nSPS) is 20.9. The van der Waals surface area contributed by atoms with Crippen molar-refractivity contribution >= 4 is 21.8 Å². The molecule has 1 aromatic heterocycles. The number of likely N-dealkylation sites (tertiary alicyclic amines) is 1. The molecule has 4 nitrogen and oxygen atoms in total. The van der Waals surface area contributed by atoms with Gasteiger partial charge >= 0.3 is 0 Å². The Labute approximate surface area is 96.7 Å². The van der Waals surface area contributed by atoms with Gasteiger partial charge in [0, 0.05) is 24.0 Å². The predicted molar refractivity (Wildman–Crippen MR) is 59.1 cm³/mol. The molecule has 15 heavy (non-hydrogen) atoms. The molecule has 0 aromatic carbocycles. The summed E-state index contributed by atoms with van der Waals surface area (Å²) in [6.45, 7) is 2.63. The van der Waals surface area contributed by atoms with E-state index >= 15 is 0 Å². The van der Waals surface area contributed by atoms with Gasteiger partial charge in [0.1, 0.15) is 0 Å². The zero-order valence-electron chi connectivity index (χ0n) is 8.57. The molecule has 1 fully saturated rings. The second kappa shape index (κ2) is 4.35. The summed E-state index contributed by atoms with van der Waals surface area (Å²) in [5, 5.41) is 4.55. The maximum absolute atomic E-state index is 12.0. The zero-order chi connectivity index (χ0) is 10.8. The topological polar surface area (TPSA) is 46.3 Å². The van der Waals surface area contributed by atoms with Gasteiger partial charge in [-0.3, -0.25) is 4.79 Å². The highest BCUT2D eigenvalue weighted by Gasteiger charge is 2.30. The molecule has 2 heterocycles. The predicted octanol–water partition coefficient (Wildman–Crippen LogP) is 1.98. The van der Waals surface area contributed by atoms with Crippen LogP contribution in [0.2, 0.25) is 0 Å². The number of carbonyl (C=O) groups excluding carboxylic acids is 1. The smallest absolute Gasteiger partial charge is 0.292 e. The molecule has 5 heteroatoms. The zero-order valence-corrected chi connectivity index (χ0v) is 10.2. The fourth-order valence-corrected chi connectivity index (χ4v) is 2.54. The van der Waals surface area contributed by atoms with E-state index < -0.39 is 0 Å². The largest absolute Gasteiger partial charge is 0.351 e. The molecule has 2 rings (SSSR count). The Morgan fingerprint density at radius 1 is 1.80 bits per heavy atom. The first-order chi connectivity index (χ1) is 7.22. The highest BCUT2D eigenvalue weighted by Crippen LogP contribution is 2.21. The number of hydrogen-bond donors (Lipinski definition) is 0. The van der Waals surface area contributed by atoms with Gasteiger partial charge in [-0.2, -0.15) is 0 Å². The number of carbonyl (C=O) groups is 1. The first kappa shape index (κ1) is 10.7. The van der Waals surface area contributed by atoms with Crippen LogP contribution >= 0.6 is 15.9 Å². The number of aromatic nitrogens is 1. The summed E-state index contributed by atoms with van der Waals surface area (Å²) >= 11 is 3.42. The van der Waals surface area contributed by atoms with Crippen molar-refractivity contribution in [3.63, 3.8) is 0 Å². The van der Waals surface area contributed by atoms with Gasteiger partial charge in [-0.15, -0.1) is 0 Å². The molecule has 0 bridgehead atoms. The van der Waals surface area contributed by atoms with Gasteiger partial charge in [0.05, 0.1) is 5.69 Å². The number of halogens is 1. The fourth-order valence-electron chi connectivity index (χ4n) is 1.87. The number of rotatable bonds is 2. The SMILES string of the molecule is Cc1cc(C(=O)N2CCCC2CBr)on1. The number of nitrogens with zero attached hydrogens (tertiary/aromatic N) is 2. The molecule has 0 radical (unpaired) electrons. The molecule has 0 aliphatic carbocycles. The van der Waals surface area contributed by atoms with Crippen molar-refractivity contribution in [2.24, 2.45) is 0 Å². The van der Waals surface area contributed by atoms with Crippen molar-refractivity contribution in [1.82, 2.24) is 10.1 Å². The van der Waals surface area contributed by atoms with Crippen LogP contribution < -0.4 is 0 Å². The lowest BCUT2D eigenvalue weighted by Gasteiger charge is -2.21. The quantitative estimate of drug-likeness (QED) is 0.774. The number of amides is 1. The molecule has 0 saturated carbocycles. The molecule has 0 N–H and O–H groups in total. The van der Waals surface area contributed by atoms with E-state index in [2.05, 4.69) is 21.1 Å². The molecule has 82 valence electrons. The van der Waals surface area contributed by atoms with E-state index in [-0.39, 0.29) is 5.91 Å². The minimum Gasteiger partial charge on any atom is -0.351 e. The van der Waals surface area contributed by atoms with Gasteiger partial charge in [-0.25, -0.2) is 0 Å². The van der Waals surface area contributed by atoms with E-state index in [1.165, 1.54) is 0 Å². The van der Waals surface area contributed by atoms with Crippen molar-refractivity contribution in [2.75, 3.05) is 11.9 Å². The third-order valence-electron chi connectivity index (χ3n) is 2.65. The van der Waals surface area contributed by atoms with E-state index in [1.807, 2.05) is 11.8 Å². The fraction of sp³-hybridized carbons (Fsp3) is 0.600. The van der Waals surface area contributed by atoms with Crippen LogP contribution in [0, 0.1) is 6.92 Å². The van der Waals surface area contributed by atoms with E-state index in [1.54, 1.807) is 6.07 Å². The molecule has 1 amide bonds. The van der Waals surface area contributed by atoms with Crippen LogP contribution in [-0.4, -0.2) is 33.9 Å². The van der Waals surface area contributed by atoms with E-state index in [4.69, 9.17) is 4.52 Å². The van der Waals surface area contributed by atoms with E-state index in [9.17, 15) is 4.79 Å². The highest BCUT2D eigenvalue weighted by molar-refractivity contribution is 9.09. The first-order valence-corrected chi connectivity index (χ1v) is 6.15. The van der Waals surface area contributed by atoms with Crippen molar-refractivity contribution in [3.8, 4) is 0 Å². The highest BCUT2D eigenvalue weighted by atomic mass is 79.9. The molecule has 1 aliphatic rings. The van der Waals surface area contributed by atoms with Gasteiger partial charge in [0.2, 0.25) is 5.76 Å². The van der Waals surface area contributed by atoms with Crippen molar-refractivity contribution in [1.29, 1.82) is 0 Å². The van der Waals surface area contributed by atoms with Crippen molar-refractivity contribution < 1.29 is 9.32 Å². The standard InChI is InChI=1S/C10H13BrN2O2/c1-7-5-9(15-12-7)10(14)13-4-2-3-8(13)6-11/h5,8H,2-4,6H2,1H3. The summed E-state index contributed by atoms with van der Waals surface area (Å²) < 4.78 is 4.97. The lowest BCUT2D eigenvalue weighted by molar-refractivity contribution is 0.0708. The lowest BCUT2D eigenvalue weighted by Crippen LogP contribution is -2.36. The molecule has 1 atom stereocenters. The van der Waals surface area contributed by atoms with Crippen LogP contribution in [0.5, 0.6) is 0 Å². The van der Waals surface area contributed by atoms with Gasteiger partial charge in [-0.05, 0) is 19.8 Å². The van der Waals surface area contributed by atoms with Gasteiger partial charge < -0.3 is 9.42 Å². The number of aryl methyl sites for hydroxylation is 1. The first-order valence-electron chi connectivity index (χ1n) is 5.02. The average Bonchev–Trinajstić information content (AvgIpc) is 2.84. The second-order valence-electron chi connectivity index (χ2n) is 3.78. The summed E-state index contributed by atoms with van der Waals surface area (Å²) in [4.78, 5) is 13.9. The monoisotopic (exact) mass is 272 g/mol. The summed E-state index contributed by atoms with van der Waals surface area (Å²) in [6.07, 6.45) is 2.12. The summed E-state index contributed by atoms with van der Waals surface area (Å²) in [6, 6.07) is 1.98. The van der Waals surface area contributed by atoms with Crippen LogP contribution in [-0.2, 0) is 0 Å². The Bertz CT molecular complexity index is 364. The second-order valence-corrected chi connectivity index (χ2v) is 4.43. The Morgan fingerprint density at radius 3 is 3.20 bits per heavy atom. The van der Waals surface area contributed by atoms with Gasteiger partial charge in [0.25, 0.3) is 5.91 Å². The van der Waals surface area contributed by atoms with Crippen LogP contribution in [0.3, 0.4) is 0 Å². The Hall–Kier alpha value is -0.840. The molecular formula is C10H13BrN2O2. The minimum absolute atomic E-state index is 0.0439. The van der Waals surface area contributed by atoms with Crippen LogP contribution in [0.4, 0.5) is 0 Å². The third kappa shape index (κ3) is 2.07. The molecule has 1 aliphatic heterocycles. The van der Waals surface area contributed by atoms with Crippen LogP contribution in [0.25, 0.3) is 0 Å². The minimum atomic E-state index is -0.0439. The maximum atomic E-state index is 12.0.